The standard InChI is InChI=1S/2K.OS.2H/c;;1-2;;. The molecule has 0 aliphatic heterocycles. The molecule has 0 atom stereocenters. The van der Waals surface area contributed by atoms with E-state index in [2.05, 4.69) is 12.5 Å². The molecule has 0 aromatic rings. The van der Waals surface area contributed by atoms with Gasteiger partial charge in [-0.25, -0.2) is 0 Å². The van der Waals surface area contributed by atoms with Crippen molar-refractivity contribution in [2.45, 2.75) is 0 Å². The molecular formula is H2K2OS. The maximum absolute atomic E-state index is 7.83. The van der Waals surface area contributed by atoms with Crippen LogP contribution in [0.2, 0.25) is 0 Å². The van der Waals surface area contributed by atoms with Gasteiger partial charge in [-0.1, -0.05) is 0 Å². The van der Waals surface area contributed by atoms with E-state index >= 15 is 0 Å². The molecule has 0 unspecified atom stereocenters. The van der Waals surface area contributed by atoms with Crippen LogP contribution < -0.4 is 0 Å². The van der Waals surface area contributed by atoms with E-state index in [1.807, 2.05) is 0 Å². The first kappa shape index (κ1) is 15.7. The third kappa shape index (κ3) is 9.00. The van der Waals surface area contributed by atoms with Crippen molar-refractivity contribution in [2.75, 3.05) is 0 Å². The molecule has 1 nitrogen and oxygen atoms in total. The Balaban J connectivity index is -0.00000000500. The molecule has 0 N–H and O–H groups in total. The second kappa shape index (κ2) is 16.3. The summed E-state index contributed by atoms with van der Waals surface area (Å²) >= 11 is 2.83. The summed E-state index contributed by atoms with van der Waals surface area (Å²) in [5.41, 5.74) is 0. The zero-order chi connectivity index (χ0) is 2.00. The van der Waals surface area contributed by atoms with Crippen LogP contribution in [0.5, 0.6) is 0 Å². The van der Waals surface area contributed by atoms with Gasteiger partial charge in [0.25, 0.3) is 0 Å². The van der Waals surface area contributed by atoms with Crippen LogP contribution in [-0.2, 0) is 12.5 Å². The van der Waals surface area contributed by atoms with E-state index in [1.54, 1.807) is 0 Å². The number of hydrogen-bond acceptors (Lipinski definition) is 2. The van der Waals surface area contributed by atoms with E-state index in [1.165, 1.54) is 0 Å². The average Bonchev–Trinajstić information content (AvgIpc) is 1.00. The topological polar surface area (TPSA) is 17.1 Å². The molecule has 0 spiro atoms. The molecule has 0 rings (SSSR count). The van der Waals surface area contributed by atoms with E-state index in [-0.39, 0.29) is 103 Å². The Labute approximate surface area is 116 Å². The van der Waals surface area contributed by atoms with Gasteiger partial charge >= 0.3 is 103 Å². The van der Waals surface area contributed by atoms with Gasteiger partial charge in [-0.2, -0.15) is 4.21 Å². The summed E-state index contributed by atoms with van der Waals surface area (Å²) in [6.07, 6.45) is 0. The van der Waals surface area contributed by atoms with Crippen LogP contribution in [0.1, 0.15) is 0 Å². The molecule has 0 fully saturated rings. The summed E-state index contributed by atoms with van der Waals surface area (Å²) in [7, 11) is 0. The van der Waals surface area contributed by atoms with E-state index < -0.39 is 0 Å². The minimum absolute atomic E-state index is 0. The normalized spacial score (nSPS) is 1.00. The summed E-state index contributed by atoms with van der Waals surface area (Å²) in [5, 5.41) is 0. The third-order valence-corrected chi connectivity index (χ3v) is 0. The molecule has 16 valence electrons. The molecule has 0 aliphatic rings. The van der Waals surface area contributed by atoms with Gasteiger partial charge in [0.1, 0.15) is 0 Å². The predicted octanol–water partition coefficient (Wildman–Crippen LogP) is -1.63. The molecule has 0 bridgehead atoms. The quantitative estimate of drug-likeness (QED) is 0.364. The van der Waals surface area contributed by atoms with Crippen LogP contribution in [0.25, 0.3) is 0 Å². The Bertz CT molecular complexity index is 6.00. The van der Waals surface area contributed by atoms with Gasteiger partial charge in [-0.3, -0.25) is 0 Å². The average molecular weight is 128 g/mol. The second-order valence-corrected chi connectivity index (χ2v) is 0. The summed E-state index contributed by atoms with van der Waals surface area (Å²) in [6, 6.07) is 0. The van der Waals surface area contributed by atoms with Crippen molar-refractivity contribution < 1.29 is 4.21 Å². The summed E-state index contributed by atoms with van der Waals surface area (Å²) in [6.45, 7) is 0. The van der Waals surface area contributed by atoms with Gasteiger partial charge < -0.3 is 0 Å². The van der Waals surface area contributed by atoms with Crippen LogP contribution in [0.4, 0.5) is 0 Å². The fourth-order valence-electron chi connectivity index (χ4n) is 0. The first-order valence-corrected chi connectivity index (χ1v) is 0.500. The summed E-state index contributed by atoms with van der Waals surface area (Å²) in [4.78, 5) is 0. The minimum atomic E-state index is 0. The molecule has 4 heavy (non-hydrogen) atoms. The fraction of sp³-hybridized carbons (Fsp3) is 0. The first-order chi connectivity index (χ1) is 1.00. The first-order valence-electron chi connectivity index (χ1n) is 0.167. The van der Waals surface area contributed by atoms with Crippen molar-refractivity contribution in [3.63, 3.8) is 0 Å². The van der Waals surface area contributed by atoms with E-state index in [9.17, 15) is 0 Å². The van der Waals surface area contributed by atoms with Crippen LogP contribution in [0, 0.1) is 0 Å². The van der Waals surface area contributed by atoms with Crippen LogP contribution in [0.15, 0.2) is 0 Å². The molecular weight excluding hydrogens is 126 g/mol. The Kier molecular flexibility index (Phi) is 63.7. The van der Waals surface area contributed by atoms with Crippen molar-refractivity contribution in [1.82, 2.24) is 0 Å². The van der Waals surface area contributed by atoms with Crippen molar-refractivity contribution in [3.05, 3.63) is 0 Å². The van der Waals surface area contributed by atoms with E-state index in [0.29, 0.717) is 0 Å². The zero-order valence-electron chi connectivity index (χ0n) is 0.816. The van der Waals surface area contributed by atoms with E-state index in [0.717, 1.165) is 0 Å². The third-order valence-electron chi connectivity index (χ3n) is 0. The summed E-state index contributed by atoms with van der Waals surface area (Å²) < 4.78 is 7.83. The summed E-state index contributed by atoms with van der Waals surface area (Å²) in [5.74, 6) is 0. The Morgan fingerprint density at radius 1 is 1.00 bits per heavy atom. The molecule has 0 aromatic carbocycles. The Hall–Kier alpha value is 3.29. The van der Waals surface area contributed by atoms with E-state index in [4.69, 9.17) is 4.21 Å². The van der Waals surface area contributed by atoms with Crippen molar-refractivity contribution in [1.29, 1.82) is 0 Å². The molecule has 0 saturated carbocycles. The SMILES string of the molecule is O=S.[KH].[KH]. The fourth-order valence-corrected chi connectivity index (χ4v) is 0. The molecule has 0 heterocycles. The van der Waals surface area contributed by atoms with Gasteiger partial charge in [0.05, 0.1) is 0 Å². The van der Waals surface area contributed by atoms with Gasteiger partial charge in [-0.05, 0) is 0 Å². The molecule has 0 radical (unpaired) electrons. The molecule has 0 aromatic heterocycles. The predicted molar refractivity (Wildman–Crippen MR) is 22.4 cm³/mol. The molecule has 0 saturated heterocycles. The van der Waals surface area contributed by atoms with Gasteiger partial charge in [-0.15, -0.1) is 0 Å². The molecule has 0 aliphatic carbocycles. The van der Waals surface area contributed by atoms with Crippen LogP contribution in [0.3, 0.4) is 0 Å². The monoisotopic (exact) mass is 128 g/mol. The second-order valence-electron chi connectivity index (χ2n) is 0. The van der Waals surface area contributed by atoms with Gasteiger partial charge in [0, 0.05) is 0 Å². The number of hydrogen-bond donors (Lipinski definition) is 0. The van der Waals surface area contributed by atoms with Gasteiger partial charge in [0.15, 0.2) is 12.5 Å². The maximum atomic E-state index is 7.83. The van der Waals surface area contributed by atoms with Crippen molar-refractivity contribution in [2.24, 2.45) is 0 Å². The van der Waals surface area contributed by atoms with Crippen molar-refractivity contribution >= 4 is 115 Å². The number of rotatable bonds is 0. The van der Waals surface area contributed by atoms with Crippen LogP contribution in [-0.4, -0.2) is 107 Å². The zero-order valence-corrected chi connectivity index (χ0v) is 1.63. The molecule has 4 heteroatoms. The van der Waals surface area contributed by atoms with Gasteiger partial charge in [0.2, 0.25) is 0 Å². The van der Waals surface area contributed by atoms with Crippen molar-refractivity contribution in [3.8, 4) is 0 Å². The molecule has 0 amide bonds. The van der Waals surface area contributed by atoms with Crippen LogP contribution >= 0.6 is 0 Å². The Morgan fingerprint density at radius 3 is 1.00 bits per heavy atom. The Morgan fingerprint density at radius 2 is 1.00 bits per heavy atom.